The number of nitrogens with zero attached hydrogens (tertiary/aromatic N) is 1. The maximum Gasteiger partial charge on any atom is 0.215 e. The lowest BCUT2D eigenvalue weighted by molar-refractivity contribution is 0.414. The van der Waals surface area contributed by atoms with E-state index < -0.39 is 59.0 Å². The number of benzene rings is 1. The van der Waals surface area contributed by atoms with E-state index in [1.54, 1.807) is 0 Å². The van der Waals surface area contributed by atoms with Gasteiger partial charge in [0.15, 0.2) is 1.41 Å². The van der Waals surface area contributed by atoms with Gasteiger partial charge in [-0.3, -0.25) is 0 Å². The van der Waals surface area contributed by atoms with E-state index in [9.17, 15) is 8.42 Å². The Balaban J connectivity index is 2.68. The lowest BCUT2D eigenvalue weighted by Crippen LogP contribution is -2.20. The van der Waals surface area contributed by atoms with Crippen molar-refractivity contribution < 1.29 is 26.3 Å². The lowest BCUT2D eigenvalue weighted by Gasteiger charge is -2.08. The second kappa shape index (κ2) is 5.95. The van der Waals surface area contributed by atoms with Gasteiger partial charge >= 0.3 is 0 Å². The fraction of sp³-hybridized carbons (Fsp3) is 0.429. The number of likely N-dealkylation sites (N-methyl/N-ethyl adjacent to an activating group) is 1. The first kappa shape index (κ1) is 5.44. The number of hydrogen-bond donors (Lipinski definition) is 2. The standard InChI is InChI=1S/C14H21N3O2S/c1-15-20(18,19)10-11-4-5-14-13(8-11)12(9-16-14)6-7-17(2)3/h4-5,8-9,15-16H,6-7,10H2,1-3H3/i1D3,2D3,7D2,9D,10D2/hD2. The molecule has 1 heterocycles. The summed E-state index contributed by atoms with van der Waals surface area (Å²) in [7, 11) is -4.38. The number of aromatic amines is 1. The summed E-state index contributed by atoms with van der Waals surface area (Å²) in [4.78, 5) is 1.04. The number of rotatable bonds is 6. The Hall–Kier alpha value is -1.37. The zero-order chi connectivity index (χ0) is 25.9. The SMILES string of the molecule is [2H]c1c(CC([2H])([2H])N(C)C([2H])([2H])[2H])c2cc(C([2H])([2H])S(=O)(=O)N([2H])C([2H])([2H])[2H])ccc2n1[2H]. The van der Waals surface area contributed by atoms with Crippen LogP contribution < -0.4 is 4.72 Å². The predicted molar refractivity (Wildman–Crippen MR) is 82.2 cm³/mol. The average molecular weight is 308 g/mol. The summed E-state index contributed by atoms with van der Waals surface area (Å²) >= 11 is 0. The monoisotopic (exact) mass is 308 g/mol. The number of aryl methyl sites for hydroxylation is 1. The van der Waals surface area contributed by atoms with Gasteiger partial charge in [-0.15, -0.1) is 0 Å². The Morgan fingerprint density at radius 2 is 2.50 bits per heavy atom. The molecule has 0 amide bonds. The molecule has 0 spiro atoms. The Morgan fingerprint density at radius 1 is 1.65 bits per heavy atom. The van der Waals surface area contributed by atoms with E-state index in [0.717, 1.165) is 25.2 Å². The van der Waals surface area contributed by atoms with E-state index in [2.05, 4.69) is 0 Å². The quantitative estimate of drug-likeness (QED) is 0.846. The van der Waals surface area contributed by atoms with Crippen molar-refractivity contribution in [3.8, 4) is 0 Å². The van der Waals surface area contributed by atoms with Gasteiger partial charge in [0.1, 0.15) is 1.41 Å². The van der Waals surface area contributed by atoms with Crippen molar-refractivity contribution >= 4 is 20.9 Å². The van der Waals surface area contributed by atoms with Crippen molar-refractivity contribution in [2.75, 3.05) is 27.5 Å². The highest BCUT2D eigenvalue weighted by Gasteiger charge is 2.11. The highest BCUT2D eigenvalue weighted by atomic mass is 32.2. The number of fused-ring (bicyclic) bond motifs is 1. The minimum Gasteiger partial charge on any atom is -0.361 e. The summed E-state index contributed by atoms with van der Waals surface area (Å²) in [5.74, 6) is 0. The van der Waals surface area contributed by atoms with Gasteiger partial charge in [-0.05, 0) is 50.7 Å². The van der Waals surface area contributed by atoms with Gasteiger partial charge in [-0.25, -0.2) is 13.1 Å². The molecule has 0 saturated carbocycles. The topological polar surface area (TPSA) is 65.2 Å². The van der Waals surface area contributed by atoms with Gasteiger partial charge in [-0.2, -0.15) is 0 Å². The summed E-state index contributed by atoms with van der Waals surface area (Å²) in [6.45, 7) is -8.83. The summed E-state index contributed by atoms with van der Waals surface area (Å²) in [5, 5.41) is -0.0974. The molecule has 2 aromatic rings. The van der Waals surface area contributed by atoms with Crippen LogP contribution in [0.1, 0.15) is 26.2 Å². The highest BCUT2D eigenvalue weighted by Crippen LogP contribution is 2.21. The summed E-state index contributed by atoms with van der Waals surface area (Å²) in [6, 6.07) is 2.97. The van der Waals surface area contributed by atoms with E-state index >= 15 is 0 Å². The molecule has 1 aromatic carbocycles. The first-order valence-electron chi connectivity index (χ1n) is 11.9. The Kier molecular flexibility index (Phi) is 1.62. The number of aromatic nitrogens is 1. The smallest absolute Gasteiger partial charge is 0.215 e. The lowest BCUT2D eigenvalue weighted by atomic mass is 10.1. The second-order valence-corrected chi connectivity index (χ2v) is 5.33. The van der Waals surface area contributed by atoms with Gasteiger partial charge in [0.05, 0.1) is 7.08 Å². The third kappa shape index (κ3) is 3.59. The van der Waals surface area contributed by atoms with Gasteiger partial charge in [0.2, 0.25) is 10.0 Å². The average Bonchev–Trinajstić information content (AvgIpc) is 2.89. The molecule has 0 atom stereocenters. The first-order valence-corrected chi connectivity index (χ1v) is 6.92. The third-order valence-electron chi connectivity index (χ3n) is 2.49. The normalized spacial score (nSPS) is 24.9. The van der Waals surface area contributed by atoms with Gasteiger partial charge < -0.3 is 9.88 Å². The molecule has 2 N–H and O–H groups in total. The summed E-state index contributed by atoms with van der Waals surface area (Å²) in [6.07, 6.45) is -1.24. The van der Waals surface area contributed by atoms with Crippen LogP contribution in [0.15, 0.2) is 24.4 Å². The van der Waals surface area contributed by atoms with Crippen LogP contribution in [0.2, 0.25) is 2.82 Å². The molecule has 0 aliphatic heterocycles. The van der Waals surface area contributed by atoms with Gasteiger partial charge in [0, 0.05) is 37.3 Å². The Labute approximate surface area is 138 Å². The first-order chi connectivity index (χ1) is 14.6. The van der Waals surface area contributed by atoms with E-state index in [1.165, 1.54) is 0 Å². The number of sulfonamides is 1. The van der Waals surface area contributed by atoms with Crippen LogP contribution in [0.25, 0.3) is 10.9 Å². The summed E-state index contributed by atoms with van der Waals surface area (Å²) < 4.78 is 124. The van der Waals surface area contributed by atoms with Crippen LogP contribution in [0.3, 0.4) is 0 Å². The van der Waals surface area contributed by atoms with Crippen LogP contribution in [-0.2, 0) is 22.1 Å². The Morgan fingerprint density at radius 3 is 3.25 bits per heavy atom. The van der Waals surface area contributed by atoms with Crippen LogP contribution >= 0.6 is 0 Å². The van der Waals surface area contributed by atoms with Crippen molar-refractivity contribution in [1.82, 2.24) is 14.6 Å². The molecule has 0 aliphatic carbocycles. The number of nitrogens with one attached hydrogen (secondary N) is 2. The maximum absolute atomic E-state index is 12.5. The molecular weight excluding hydrogens is 274 g/mol. The molecule has 6 heteroatoms. The molecule has 0 radical (unpaired) electrons. The van der Waals surface area contributed by atoms with Crippen LogP contribution in [-0.4, -0.2) is 45.8 Å². The number of hydrogen-bond acceptors (Lipinski definition) is 3. The second-order valence-electron chi connectivity index (χ2n) is 4.00. The summed E-state index contributed by atoms with van der Waals surface area (Å²) in [5.41, 5.74) is -4.23. The van der Waals surface area contributed by atoms with Gasteiger partial charge in [-0.1, -0.05) is 6.07 Å². The third-order valence-corrected chi connectivity index (χ3v) is 3.23. The van der Waals surface area contributed by atoms with Crippen LogP contribution in [0.5, 0.6) is 0 Å². The van der Waals surface area contributed by atoms with E-state index in [4.69, 9.17) is 17.9 Å². The fourth-order valence-corrected chi connectivity index (χ4v) is 2.10. The highest BCUT2D eigenvalue weighted by molar-refractivity contribution is 7.88. The molecule has 0 saturated heterocycles. The molecule has 110 valence electrons. The molecule has 0 unspecified atom stereocenters. The molecule has 5 nitrogen and oxygen atoms in total. The maximum atomic E-state index is 12.5. The molecule has 2 rings (SSSR count). The van der Waals surface area contributed by atoms with Crippen molar-refractivity contribution in [1.29, 1.82) is 0 Å². The molecule has 0 aliphatic rings. The predicted octanol–water partition coefficient (Wildman–Crippen LogP) is 1.32. The molecule has 0 fully saturated rings. The van der Waals surface area contributed by atoms with Crippen molar-refractivity contribution in [2.24, 2.45) is 0 Å². The minimum absolute atomic E-state index is 0.0159. The van der Waals surface area contributed by atoms with Gasteiger partial charge in [0.25, 0.3) is 0 Å². The van der Waals surface area contributed by atoms with Crippen molar-refractivity contribution in [3.05, 3.63) is 35.5 Å². The molecule has 1 aromatic heterocycles. The largest absolute Gasteiger partial charge is 0.361 e. The minimum atomic E-state index is -5.39. The molecule has 0 bridgehead atoms. The molecule has 20 heavy (non-hydrogen) atoms. The number of H-pyrrole nitrogens is 1. The fourth-order valence-electron chi connectivity index (χ4n) is 1.63. The van der Waals surface area contributed by atoms with Crippen molar-refractivity contribution in [3.63, 3.8) is 0 Å². The van der Waals surface area contributed by atoms with E-state index in [1.807, 2.05) is 0 Å². The zero-order valence-corrected chi connectivity index (χ0v) is 11.3. The Bertz CT molecular complexity index is 1150. The molecular formula is C14H21N3O2S. The van der Waals surface area contributed by atoms with E-state index in [-0.39, 0.29) is 16.5 Å². The van der Waals surface area contributed by atoms with Crippen LogP contribution in [0, 0.1) is 0 Å². The van der Waals surface area contributed by atoms with Crippen molar-refractivity contribution in [2.45, 2.75) is 12.1 Å². The van der Waals surface area contributed by atoms with Crippen LogP contribution in [0.4, 0.5) is 0 Å². The zero-order valence-electron chi connectivity index (χ0n) is 23.5. The van der Waals surface area contributed by atoms with E-state index in [0.29, 0.717) is 9.88 Å².